The molecule has 3 heterocycles. The molecule has 0 N–H and O–H groups in total. The molecule has 0 amide bonds. The van der Waals surface area contributed by atoms with E-state index in [0.717, 1.165) is 23.9 Å². The number of hydrogen-bond acceptors (Lipinski definition) is 6. The molecule has 0 aliphatic carbocycles. The van der Waals surface area contributed by atoms with Crippen LogP contribution in [-0.4, -0.2) is 44.0 Å². The molecule has 2 aliphatic rings. The van der Waals surface area contributed by atoms with E-state index >= 15 is 0 Å². The van der Waals surface area contributed by atoms with Gasteiger partial charge < -0.3 is 13.9 Å². The first-order valence-electron chi connectivity index (χ1n) is 9.36. The van der Waals surface area contributed by atoms with Gasteiger partial charge in [0.25, 0.3) is 0 Å². The van der Waals surface area contributed by atoms with Gasteiger partial charge in [0.1, 0.15) is 18.7 Å². The lowest BCUT2D eigenvalue weighted by Crippen LogP contribution is -2.39. The van der Waals surface area contributed by atoms with Crippen LogP contribution in [0.15, 0.2) is 51.8 Å². The fourth-order valence-electron chi connectivity index (χ4n) is 3.76. The van der Waals surface area contributed by atoms with E-state index in [2.05, 4.69) is 4.98 Å². The lowest BCUT2D eigenvalue weighted by atomic mass is 10.00. The molecule has 2 aliphatic heterocycles. The topological polar surface area (TPSA) is 81.9 Å². The van der Waals surface area contributed by atoms with Crippen molar-refractivity contribution >= 4 is 21.1 Å². The van der Waals surface area contributed by atoms with Crippen LogP contribution in [-0.2, 0) is 10.0 Å². The SMILES string of the molecule is O=S(=O)(c1ccc2c(c1)OCCO2)N1CCC[C@@H](c2nc3ccccc3o2)C1. The maximum absolute atomic E-state index is 13.2. The monoisotopic (exact) mass is 400 g/mol. The second-order valence-electron chi connectivity index (χ2n) is 7.03. The minimum atomic E-state index is -3.64. The molecule has 2 aromatic carbocycles. The standard InChI is InChI=1S/C20H20N2O5S/c23-28(24,15-7-8-18-19(12-15)26-11-10-25-18)22-9-3-4-14(13-22)20-21-16-5-1-2-6-17(16)27-20/h1-2,5-8,12,14H,3-4,9-11,13H2/t14-/m1/s1. The van der Waals surface area contributed by atoms with Gasteiger partial charge in [0.05, 0.1) is 4.90 Å². The molecule has 7 nitrogen and oxygen atoms in total. The largest absolute Gasteiger partial charge is 0.486 e. The molecular weight excluding hydrogens is 380 g/mol. The Balaban J connectivity index is 1.42. The third-order valence-electron chi connectivity index (χ3n) is 5.20. The molecule has 1 atom stereocenters. The molecule has 0 unspecified atom stereocenters. The Labute approximate surface area is 162 Å². The Morgan fingerprint density at radius 3 is 2.71 bits per heavy atom. The summed E-state index contributed by atoms with van der Waals surface area (Å²) in [5, 5.41) is 0. The van der Waals surface area contributed by atoms with Gasteiger partial charge in [-0.1, -0.05) is 12.1 Å². The summed E-state index contributed by atoms with van der Waals surface area (Å²) >= 11 is 0. The molecule has 0 bridgehead atoms. The number of piperidine rings is 1. The number of ether oxygens (including phenoxy) is 2. The second-order valence-corrected chi connectivity index (χ2v) is 8.97. The summed E-state index contributed by atoms with van der Waals surface area (Å²) in [6.45, 7) is 1.72. The molecule has 146 valence electrons. The van der Waals surface area contributed by atoms with E-state index in [4.69, 9.17) is 13.9 Å². The van der Waals surface area contributed by atoms with E-state index in [1.807, 2.05) is 24.3 Å². The summed E-state index contributed by atoms with van der Waals surface area (Å²) in [5.41, 5.74) is 1.52. The molecular formula is C20H20N2O5S. The van der Waals surface area contributed by atoms with E-state index in [1.165, 1.54) is 4.31 Å². The van der Waals surface area contributed by atoms with Crippen LogP contribution >= 0.6 is 0 Å². The van der Waals surface area contributed by atoms with Crippen molar-refractivity contribution in [1.29, 1.82) is 0 Å². The van der Waals surface area contributed by atoms with Crippen molar-refractivity contribution in [3.05, 3.63) is 48.4 Å². The second kappa shape index (κ2) is 6.79. The van der Waals surface area contributed by atoms with Crippen LogP contribution in [0.3, 0.4) is 0 Å². The minimum absolute atomic E-state index is 0.0619. The Morgan fingerprint density at radius 2 is 1.86 bits per heavy atom. The fraction of sp³-hybridized carbons (Fsp3) is 0.350. The predicted octanol–water partition coefficient (Wildman–Crippen LogP) is 3.17. The van der Waals surface area contributed by atoms with E-state index in [1.54, 1.807) is 18.2 Å². The summed E-state index contributed by atoms with van der Waals surface area (Å²) in [5.74, 6) is 1.59. The van der Waals surface area contributed by atoms with Crippen LogP contribution in [0.2, 0.25) is 0 Å². The van der Waals surface area contributed by atoms with Crippen LogP contribution in [0.1, 0.15) is 24.7 Å². The first kappa shape index (κ1) is 17.5. The van der Waals surface area contributed by atoms with Gasteiger partial charge in [-0.05, 0) is 37.1 Å². The van der Waals surface area contributed by atoms with Crippen LogP contribution in [0.25, 0.3) is 11.1 Å². The van der Waals surface area contributed by atoms with Crippen molar-refractivity contribution in [3.8, 4) is 11.5 Å². The molecule has 1 fully saturated rings. The van der Waals surface area contributed by atoms with Gasteiger partial charge in [-0.2, -0.15) is 4.31 Å². The molecule has 0 radical (unpaired) electrons. The van der Waals surface area contributed by atoms with Crippen molar-refractivity contribution < 1.29 is 22.3 Å². The molecule has 28 heavy (non-hydrogen) atoms. The average molecular weight is 400 g/mol. The van der Waals surface area contributed by atoms with E-state index in [9.17, 15) is 8.42 Å². The number of oxazole rings is 1. The summed E-state index contributed by atoms with van der Waals surface area (Å²) in [6, 6.07) is 12.4. The molecule has 5 rings (SSSR count). The lowest BCUT2D eigenvalue weighted by molar-refractivity contribution is 0.171. The highest BCUT2D eigenvalue weighted by atomic mass is 32.2. The number of nitrogens with zero attached hydrogens (tertiary/aromatic N) is 2. The third kappa shape index (κ3) is 3.02. The summed E-state index contributed by atoms with van der Waals surface area (Å²) in [4.78, 5) is 4.78. The highest BCUT2D eigenvalue weighted by Gasteiger charge is 2.33. The molecule has 1 aromatic heterocycles. The molecule has 0 saturated carbocycles. The maximum Gasteiger partial charge on any atom is 0.243 e. The van der Waals surface area contributed by atoms with Gasteiger partial charge in [0, 0.05) is 25.1 Å². The van der Waals surface area contributed by atoms with E-state index in [-0.39, 0.29) is 10.8 Å². The van der Waals surface area contributed by atoms with Gasteiger partial charge >= 0.3 is 0 Å². The molecule has 3 aromatic rings. The van der Waals surface area contributed by atoms with Crippen molar-refractivity contribution in [2.45, 2.75) is 23.7 Å². The van der Waals surface area contributed by atoms with Gasteiger partial charge in [-0.3, -0.25) is 0 Å². The number of para-hydroxylation sites is 2. The normalized spacial score (nSPS) is 20.4. The lowest BCUT2D eigenvalue weighted by Gasteiger charge is -2.30. The van der Waals surface area contributed by atoms with Crippen LogP contribution in [0.5, 0.6) is 11.5 Å². The highest BCUT2D eigenvalue weighted by molar-refractivity contribution is 7.89. The Kier molecular flexibility index (Phi) is 4.25. The number of hydrogen-bond donors (Lipinski definition) is 0. The third-order valence-corrected chi connectivity index (χ3v) is 7.06. The first-order chi connectivity index (χ1) is 13.6. The summed E-state index contributed by atoms with van der Waals surface area (Å²) in [7, 11) is -3.64. The highest BCUT2D eigenvalue weighted by Crippen LogP contribution is 2.35. The zero-order chi connectivity index (χ0) is 19.1. The fourth-order valence-corrected chi connectivity index (χ4v) is 5.30. The number of benzene rings is 2. The number of rotatable bonds is 3. The van der Waals surface area contributed by atoms with Crippen molar-refractivity contribution in [1.82, 2.24) is 9.29 Å². The number of fused-ring (bicyclic) bond motifs is 2. The Bertz CT molecular complexity index is 1090. The Morgan fingerprint density at radius 1 is 1.04 bits per heavy atom. The van der Waals surface area contributed by atoms with E-state index < -0.39 is 10.0 Å². The van der Waals surface area contributed by atoms with Crippen molar-refractivity contribution in [2.75, 3.05) is 26.3 Å². The number of aromatic nitrogens is 1. The van der Waals surface area contributed by atoms with Crippen molar-refractivity contribution in [2.24, 2.45) is 0 Å². The van der Waals surface area contributed by atoms with Crippen molar-refractivity contribution in [3.63, 3.8) is 0 Å². The van der Waals surface area contributed by atoms with Crippen LogP contribution in [0, 0.1) is 0 Å². The summed E-state index contributed by atoms with van der Waals surface area (Å²) < 4.78 is 44.8. The summed E-state index contributed by atoms with van der Waals surface area (Å²) in [6.07, 6.45) is 1.60. The zero-order valence-corrected chi connectivity index (χ0v) is 16.0. The minimum Gasteiger partial charge on any atom is -0.486 e. The van der Waals surface area contributed by atoms with E-state index in [0.29, 0.717) is 43.7 Å². The first-order valence-corrected chi connectivity index (χ1v) is 10.8. The van der Waals surface area contributed by atoms with Gasteiger partial charge in [0.2, 0.25) is 10.0 Å². The quantitative estimate of drug-likeness (QED) is 0.672. The Hall–Kier alpha value is -2.58. The maximum atomic E-state index is 13.2. The number of sulfonamides is 1. The molecule has 8 heteroatoms. The van der Waals surface area contributed by atoms with Crippen LogP contribution in [0.4, 0.5) is 0 Å². The van der Waals surface area contributed by atoms with Crippen LogP contribution < -0.4 is 9.47 Å². The molecule has 0 spiro atoms. The molecule has 1 saturated heterocycles. The zero-order valence-electron chi connectivity index (χ0n) is 15.2. The van der Waals surface area contributed by atoms with Gasteiger partial charge in [0.15, 0.2) is 23.0 Å². The van der Waals surface area contributed by atoms with Gasteiger partial charge in [-0.25, -0.2) is 13.4 Å². The van der Waals surface area contributed by atoms with Gasteiger partial charge in [-0.15, -0.1) is 0 Å². The predicted molar refractivity (Wildman–Crippen MR) is 102 cm³/mol. The smallest absolute Gasteiger partial charge is 0.243 e. The average Bonchev–Trinajstić information content (AvgIpc) is 3.18.